The van der Waals surface area contributed by atoms with E-state index in [-0.39, 0.29) is 18.2 Å². The van der Waals surface area contributed by atoms with E-state index in [4.69, 9.17) is 5.73 Å². The van der Waals surface area contributed by atoms with Gasteiger partial charge in [-0.15, -0.1) is 12.4 Å². The number of pyridine rings is 1. The summed E-state index contributed by atoms with van der Waals surface area (Å²) < 4.78 is 13.8. The molecule has 21 heavy (non-hydrogen) atoms. The number of benzene rings is 1. The molecule has 0 spiro atoms. The lowest BCUT2D eigenvalue weighted by atomic mass is 9.97. The van der Waals surface area contributed by atoms with Crippen molar-refractivity contribution in [3.8, 4) is 0 Å². The maximum atomic E-state index is 13.8. The summed E-state index contributed by atoms with van der Waals surface area (Å²) in [6.07, 6.45) is 4.13. The summed E-state index contributed by atoms with van der Waals surface area (Å²) in [7, 11) is 0. The van der Waals surface area contributed by atoms with Gasteiger partial charge >= 0.3 is 0 Å². The predicted molar refractivity (Wildman–Crippen MR) is 86.0 cm³/mol. The predicted octanol–water partition coefficient (Wildman–Crippen LogP) is 2.97. The van der Waals surface area contributed by atoms with Gasteiger partial charge in [0.1, 0.15) is 5.82 Å². The van der Waals surface area contributed by atoms with Crippen molar-refractivity contribution < 1.29 is 4.39 Å². The Bertz CT molecular complexity index is 605. The van der Waals surface area contributed by atoms with Crippen LogP contribution in [0.4, 0.5) is 4.39 Å². The van der Waals surface area contributed by atoms with Gasteiger partial charge in [-0.05, 0) is 55.6 Å². The van der Waals surface area contributed by atoms with Crippen molar-refractivity contribution in [3.63, 3.8) is 0 Å². The maximum absolute atomic E-state index is 13.8. The van der Waals surface area contributed by atoms with E-state index in [9.17, 15) is 4.39 Å². The van der Waals surface area contributed by atoms with E-state index in [1.807, 2.05) is 6.07 Å². The molecule has 1 saturated heterocycles. The summed E-state index contributed by atoms with van der Waals surface area (Å²) in [6.45, 7) is 3.69. The van der Waals surface area contributed by atoms with Gasteiger partial charge in [-0.1, -0.05) is 6.07 Å². The Morgan fingerprint density at radius 1 is 1.33 bits per heavy atom. The summed E-state index contributed by atoms with van der Waals surface area (Å²) in [6, 6.07) is 6.97. The van der Waals surface area contributed by atoms with Crippen molar-refractivity contribution in [1.29, 1.82) is 0 Å². The first-order valence-corrected chi connectivity index (χ1v) is 7.22. The molecule has 2 aromatic rings. The van der Waals surface area contributed by atoms with Crippen LogP contribution in [0.3, 0.4) is 0 Å². The molecule has 0 saturated carbocycles. The molecule has 1 aliphatic rings. The Labute approximate surface area is 130 Å². The fourth-order valence-corrected chi connectivity index (χ4v) is 3.05. The number of aromatic nitrogens is 1. The molecule has 2 N–H and O–H groups in total. The highest BCUT2D eigenvalue weighted by Crippen LogP contribution is 2.23. The van der Waals surface area contributed by atoms with Crippen molar-refractivity contribution in [2.45, 2.75) is 19.4 Å². The average Bonchev–Trinajstić information content (AvgIpc) is 2.51. The Morgan fingerprint density at radius 3 is 3.00 bits per heavy atom. The summed E-state index contributed by atoms with van der Waals surface area (Å²) in [5.41, 5.74) is 7.66. The zero-order valence-electron chi connectivity index (χ0n) is 12.0. The molecule has 0 radical (unpaired) electrons. The van der Waals surface area contributed by atoms with Crippen molar-refractivity contribution in [2.75, 3.05) is 19.6 Å². The van der Waals surface area contributed by atoms with E-state index in [1.165, 1.54) is 12.8 Å². The second kappa shape index (κ2) is 7.16. The van der Waals surface area contributed by atoms with Gasteiger partial charge in [-0.25, -0.2) is 4.39 Å². The number of fused-ring (bicyclic) bond motifs is 1. The molecule has 0 aliphatic carbocycles. The van der Waals surface area contributed by atoms with E-state index in [2.05, 4.69) is 9.88 Å². The van der Waals surface area contributed by atoms with Crippen LogP contribution in [-0.4, -0.2) is 29.5 Å². The second-order valence-electron chi connectivity index (χ2n) is 5.59. The summed E-state index contributed by atoms with van der Waals surface area (Å²) in [5.74, 6) is 0.388. The smallest absolute Gasteiger partial charge is 0.132 e. The first kappa shape index (κ1) is 16.1. The molecular weight excluding hydrogens is 289 g/mol. The lowest BCUT2D eigenvalue weighted by Crippen LogP contribution is -2.37. The number of nitrogens with zero attached hydrogens (tertiary/aromatic N) is 2. The number of hydrogen-bond donors (Lipinski definition) is 1. The fraction of sp³-hybridized carbons (Fsp3) is 0.438. The molecule has 1 aliphatic heterocycles. The number of nitrogens with two attached hydrogens (primary N) is 1. The second-order valence-corrected chi connectivity index (χ2v) is 5.59. The van der Waals surface area contributed by atoms with Gasteiger partial charge in [-0.2, -0.15) is 0 Å². The molecule has 3 nitrogen and oxygen atoms in total. The van der Waals surface area contributed by atoms with Crippen molar-refractivity contribution in [3.05, 3.63) is 41.8 Å². The maximum Gasteiger partial charge on any atom is 0.132 e. The molecule has 3 rings (SSSR count). The largest absolute Gasteiger partial charge is 0.330 e. The van der Waals surface area contributed by atoms with E-state index in [0.717, 1.165) is 37.3 Å². The van der Waals surface area contributed by atoms with E-state index in [0.29, 0.717) is 11.3 Å². The Balaban J connectivity index is 0.00000161. The highest BCUT2D eigenvalue weighted by atomic mass is 35.5. The quantitative estimate of drug-likeness (QED) is 0.948. The zero-order chi connectivity index (χ0) is 13.9. The normalized spacial score (nSPS) is 19.4. The molecular formula is C16H21ClFN3. The van der Waals surface area contributed by atoms with Crippen LogP contribution in [0.25, 0.3) is 10.9 Å². The number of rotatable bonds is 3. The molecule has 1 unspecified atom stereocenters. The van der Waals surface area contributed by atoms with Crippen molar-refractivity contribution in [2.24, 2.45) is 11.7 Å². The molecule has 1 aromatic heterocycles. The zero-order valence-corrected chi connectivity index (χ0v) is 12.8. The number of hydrogen-bond acceptors (Lipinski definition) is 3. The van der Waals surface area contributed by atoms with Crippen LogP contribution in [0.15, 0.2) is 30.5 Å². The Morgan fingerprint density at radius 2 is 2.19 bits per heavy atom. The number of piperidine rings is 1. The van der Waals surface area contributed by atoms with Crippen LogP contribution in [0.1, 0.15) is 18.4 Å². The monoisotopic (exact) mass is 309 g/mol. The van der Waals surface area contributed by atoms with Gasteiger partial charge in [-0.3, -0.25) is 9.88 Å². The van der Waals surface area contributed by atoms with Gasteiger partial charge in [0.2, 0.25) is 0 Å². The Hall–Kier alpha value is -1.23. The van der Waals surface area contributed by atoms with Gasteiger partial charge < -0.3 is 5.73 Å². The van der Waals surface area contributed by atoms with E-state index < -0.39 is 0 Å². The summed E-state index contributed by atoms with van der Waals surface area (Å²) in [4.78, 5) is 6.76. The molecule has 5 heteroatoms. The molecule has 1 atom stereocenters. The molecule has 0 bridgehead atoms. The fourth-order valence-electron chi connectivity index (χ4n) is 3.05. The average molecular weight is 310 g/mol. The molecule has 2 heterocycles. The number of likely N-dealkylation sites (tertiary alicyclic amines) is 1. The van der Waals surface area contributed by atoms with Gasteiger partial charge in [0.15, 0.2) is 0 Å². The van der Waals surface area contributed by atoms with Crippen LogP contribution < -0.4 is 5.73 Å². The minimum atomic E-state index is -0.199. The van der Waals surface area contributed by atoms with Gasteiger partial charge in [0.05, 0.1) is 5.52 Å². The van der Waals surface area contributed by atoms with Crippen LogP contribution in [-0.2, 0) is 6.54 Å². The third-order valence-electron chi connectivity index (χ3n) is 4.13. The third-order valence-corrected chi connectivity index (χ3v) is 4.13. The first-order chi connectivity index (χ1) is 9.78. The van der Waals surface area contributed by atoms with Crippen LogP contribution >= 0.6 is 12.4 Å². The standard InChI is InChI=1S/C16H20FN3.ClH/c17-15-6-5-13(16-14(15)4-1-7-19-16)11-20-8-2-3-12(9-18)10-20;/h1,4-7,12H,2-3,8-11,18H2;1H. The van der Waals surface area contributed by atoms with Crippen molar-refractivity contribution in [1.82, 2.24) is 9.88 Å². The minimum Gasteiger partial charge on any atom is -0.330 e. The Kier molecular flexibility index (Phi) is 5.51. The first-order valence-electron chi connectivity index (χ1n) is 7.22. The topological polar surface area (TPSA) is 42.1 Å². The highest BCUT2D eigenvalue weighted by Gasteiger charge is 2.19. The summed E-state index contributed by atoms with van der Waals surface area (Å²) >= 11 is 0. The van der Waals surface area contributed by atoms with Crippen molar-refractivity contribution >= 4 is 23.3 Å². The van der Waals surface area contributed by atoms with Crippen LogP contribution in [0, 0.1) is 11.7 Å². The SMILES string of the molecule is Cl.NCC1CCCN(Cc2ccc(F)c3cccnc23)C1. The van der Waals surface area contributed by atoms with Gasteiger partial charge in [0, 0.05) is 24.7 Å². The molecule has 0 amide bonds. The minimum absolute atomic E-state index is 0. The van der Waals surface area contributed by atoms with E-state index in [1.54, 1.807) is 24.4 Å². The third kappa shape index (κ3) is 3.51. The molecule has 1 fully saturated rings. The highest BCUT2D eigenvalue weighted by molar-refractivity contribution is 5.85. The van der Waals surface area contributed by atoms with E-state index >= 15 is 0 Å². The lowest BCUT2D eigenvalue weighted by molar-refractivity contribution is 0.171. The molecule has 114 valence electrons. The number of halogens is 2. The molecule has 1 aromatic carbocycles. The summed E-state index contributed by atoms with van der Waals surface area (Å²) in [5, 5.41) is 0.609. The lowest BCUT2D eigenvalue weighted by Gasteiger charge is -2.32. The van der Waals surface area contributed by atoms with Crippen LogP contribution in [0.5, 0.6) is 0 Å². The van der Waals surface area contributed by atoms with Gasteiger partial charge in [0.25, 0.3) is 0 Å². The van der Waals surface area contributed by atoms with Crippen LogP contribution in [0.2, 0.25) is 0 Å².